The van der Waals surface area contributed by atoms with Crippen molar-refractivity contribution in [3.05, 3.63) is 62.8 Å². The molecule has 2 aromatic heterocycles. The molecule has 7 heteroatoms. The lowest BCUT2D eigenvalue weighted by Gasteiger charge is -2.10. The summed E-state index contributed by atoms with van der Waals surface area (Å²) in [5.41, 5.74) is 0.691. The highest BCUT2D eigenvalue weighted by Crippen LogP contribution is 2.34. The third-order valence-electron chi connectivity index (χ3n) is 3.29. The third-order valence-corrected chi connectivity index (χ3v) is 3.96. The fraction of sp³-hybridized carbons (Fsp3) is 0.0625. The van der Waals surface area contributed by atoms with Crippen LogP contribution in [0.1, 0.15) is 16.7 Å². The van der Waals surface area contributed by atoms with E-state index >= 15 is 0 Å². The number of rotatable bonds is 2. The zero-order valence-electron chi connectivity index (χ0n) is 11.5. The standard InChI is InChI=1S/C16H9BrClF3N2/c17-11-6-13-10(7-22-15(13)23-8-11)2-1-9-5-12(18)3-4-14(9)16(19,20)21/h1-8H,(H,22,23)/b2-1+. The second-order valence-electron chi connectivity index (χ2n) is 4.86. The molecule has 0 atom stereocenters. The normalized spacial score (nSPS) is 12.4. The number of halogens is 5. The van der Waals surface area contributed by atoms with Crippen LogP contribution in [0, 0.1) is 0 Å². The van der Waals surface area contributed by atoms with Crippen molar-refractivity contribution in [3.8, 4) is 0 Å². The highest BCUT2D eigenvalue weighted by Gasteiger charge is 2.32. The van der Waals surface area contributed by atoms with E-state index in [1.807, 2.05) is 6.07 Å². The molecule has 2 heterocycles. The number of benzene rings is 1. The Kier molecular flexibility index (Phi) is 4.21. The van der Waals surface area contributed by atoms with Gasteiger partial charge >= 0.3 is 6.18 Å². The van der Waals surface area contributed by atoms with E-state index in [2.05, 4.69) is 25.9 Å². The van der Waals surface area contributed by atoms with Gasteiger partial charge in [-0.05, 0) is 45.8 Å². The number of aromatic nitrogens is 2. The van der Waals surface area contributed by atoms with Gasteiger partial charge in [-0.3, -0.25) is 0 Å². The molecule has 0 amide bonds. The summed E-state index contributed by atoms with van der Waals surface area (Å²) in [6.45, 7) is 0. The van der Waals surface area contributed by atoms with E-state index < -0.39 is 11.7 Å². The molecule has 0 spiro atoms. The van der Waals surface area contributed by atoms with Crippen molar-refractivity contribution in [2.75, 3.05) is 0 Å². The molecular formula is C16H9BrClF3N2. The lowest BCUT2D eigenvalue weighted by molar-refractivity contribution is -0.137. The fourth-order valence-electron chi connectivity index (χ4n) is 2.25. The Balaban J connectivity index is 2.05. The summed E-state index contributed by atoms with van der Waals surface area (Å²) in [5.74, 6) is 0. The molecule has 0 aliphatic rings. The Hall–Kier alpha value is -1.79. The van der Waals surface area contributed by atoms with Gasteiger partial charge in [0.15, 0.2) is 0 Å². The van der Waals surface area contributed by atoms with E-state index in [0.29, 0.717) is 5.65 Å². The van der Waals surface area contributed by atoms with Crippen LogP contribution in [0.15, 0.2) is 41.1 Å². The smallest absolute Gasteiger partial charge is 0.346 e. The van der Waals surface area contributed by atoms with Crippen LogP contribution in [0.5, 0.6) is 0 Å². The van der Waals surface area contributed by atoms with Crippen LogP contribution in [-0.2, 0) is 6.18 Å². The maximum Gasteiger partial charge on any atom is 0.416 e. The molecule has 0 saturated carbocycles. The highest BCUT2D eigenvalue weighted by atomic mass is 79.9. The predicted molar refractivity (Wildman–Crippen MR) is 89.2 cm³/mol. The van der Waals surface area contributed by atoms with Crippen LogP contribution in [0.4, 0.5) is 13.2 Å². The molecular weight excluding hydrogens is 393 g/mol. The monoisotopic (exact) mass is 400 g/mol. The van der Waals surface area contributed by atoms with Crippen molar-refractivity contribution in [2.45, 2.75) is 6.18 Å². The molecule has 1 N–H and O–H groups in total. The van der Waals surface area contributed by atoms with Gasteiger partial charge in [0.1, 0.15) is 5.65 Å². The first-order valence-electron chi connectivity index (χ1n) is 6.52. The molecule has 23 heavy (non-hydrogen) atoms. The summed E-state index contributed by atoms with van der Waals surface area (Å²) < 4.78 is 39.9. The molecule has 0 aliphatic heterocycles. The Bertz CT molecular complexity index is 900. The highest BCUT2D eigenvalue weighted by molar-refractivity contribution is 9.10. The van der Waals surface area contributed by atoms with Crippen LogP contribution in [0.3, 0.4) is 0 Å². The zero-order valence-corrected chi connectivity index (χ0v) is 13.8. The number of pyridine rings is 1. The van der Waals surface area contributed by atoms with Crippen molar-refractivity contribution in [3.63, 3.8) is 0 Å². The first kappa shape index (κ1) is 16.1. The minimum Gasteiger partial charge on any atom is -0.346 e. The summed E-state index contributed by atoms with van der Waals surface area (Å²) in [4.78, 5) is 7.17. The first-order chi connectivity index (χ1) is 10.8. The Morgan fingerprint density at radius 2 is 1.87 bits per heavy atom. The number of hydrogen-bond acceptors (Lipinski definition) is 1. The number of aromatic amines is 1. The van der Waals surface area contributed by atoms with Gasteiger partial charge in [0.2, 0.25) is 0 Å². The zero-order chi connectivity index (χ0) is 16.6. The summed E-state index contributed by atoms with van der Waals surface area (Å²) >= 11 is 9.15. The van der Waals surface area contributed by atoms with E-state index in [4.69, 9.17) is 11.6 Å². The summed E-state index contributed by atoms with van der Waals surface area (Å²) in [7, 11) is 0. The van der Waals surface area contributed by atoms with E-state index in [0.717, 1.165) is 21.5 Å². The van der Waals surface area contributed by atoms with Gasteiger partial charge in [-0.1, -0.05) is 23.8 Å². The number of H-pyrrole nitrogens is 1. The summed E-state index contributed by atoms with van der Waals surface area (Å²) in [6.07, 6.45) is 1.91. The van der Waals surface area contributed by atoms with E-state index in [1.165, 1.54) is 18.2 Å². The average Bonchev–Trinajstić information content (AvgIpc) is 2.86. The van der Waals surface area contributed by atoms with Gasteiger partial charge in [0, 0.05) is 32.8 Å². The van der Waals surface area contributed by atoms with E-state index in [1.54, 1.807) is 18.5 Å². The lowest BCUT2D eigenvalue weighted by Crippen LogP contribution is -2.06. The van der Waals surface area contributed by atoms with E-state index in [9.17, 15) is 13.2 Å². The minimum atomic E-state index is -4.44. The van der Waals surface area contributed by atoms with Crippen LogP contribution in [-0.4, -0.2) is 9.97 Å². The van der Waals surface area contributed by atoms with Crippen molar-refractivity contribution in [1.29, 1.82) is 0 Å². The molecule has 3 aromatic rings. The molecule has 0 fully saturated rings. The predicted octanol–water partition coefficient (Wildman–Crippen LogP) is 6.17. The van der Waals surface area contributed by atoms with Crippen LogP contribution in [0.2, 0.25) is 5.02 Å². The fourth-order valence-corrected chi connectivity index (χ4v) is 2.76. The number of hydrogen-bond donors (Lipinski definition) is 1. The average molecular weight is 402 g/mol. The van der Waals surface area contributed by atoms with Crippen molar-refractivity contribution >= 4 is 50.7 Å². The van der Waals surface area contributed by atoms with Crippen LogP contribution >= 0.6 is 27.5 Å². The number of nitrogens with zero attached hydrogens (tertiary/aromatic N) is 1. The maximum absolute atomic E-state index is 13.1. The van der Waals surface area contributed by atoms with Crippen molar-refractivity contribution in [1.82, 2.24) is 9.97 Å². The van der Waals surface area contributed by atoms with Gasteiger partial charge in [0.05, 0.1) is 5.56 Å². The Labute approximate surface area is 143 Å². The van der Waals surface area contributed by atoms with Gasteiger partial charge in [-0.2, -0.15) is 13.2 Å². The SMILES string of the molecule is FC(F)(F)c1ccc(Cl)cc1/C=C/c1c[nH]c2ncc(Br)cc12. The largest absolute Gasteiger partial charge is 0.416 e. The molecule has 0 unspecified atom stereocenters. The molecule has 0 aliphatic carbocycles. The van der Waals surface area contributed by atoms with Gasteiger partial charge in [-0.25, -0.2) is 4.98 Å². The van der Waals surface area contributed by atoms with Crippen LogP contribution in [0.25, 0.3) is 23.2 Å². The Morgan fingerprint density at radius 1 is 1.13 bits per heavy atom. The van der Waals surface area contributed by atoms with Gasteiger partial charge in [-0.15, -0.1) is 0 Å². The molecule has 118 valence electrons. The molecule has 1 aromatic carbocycles. The van der Waals surface area contributed by atoms with E-state index in [-0.39, 0.29) is 10.6 Å². The maximum atomic E-state index is 13.1. The molecule has 3 rings (SSSR count). The molecule has 0 saturated heterocycles. The quantitative estimate of drug-likeness (QED) is 0.547. The third kappa shape index (κ3) is 3.43. The van der Waals surface area contributed by atoms with Crippen molar-refractivity contribution in [2.24, 2.45) is 0 Å². The first-order valence-corrected chi connectivity index (χ1v) is 7.69. The second kappa shape index (κ2) is 6.02. The summed E-state index contributed by atoms with van der Waals surface area (Å²) in [6, 6.07) is 5.36. The lowest BCUT2D eigenvalue weighted by atomic mass is 10.1. The number of alkyl halides is 3. The topological polar surface area (TPSA) is 28.7 Å². The van der Waals surface area contributed by atoms with Gasteiger partial charge in [0.25, 0.3) is 0 Å². The van der Waals surface area contributed by atoms with Gasteiger partial charge < -0.3 is 4.98 Å². The summed E-state index contributed by atoms with van der Waals surface area (Å²) in [5, 5.41) is 1.06. The molecule has 0 bridgehead atoms. The number of fused-ring (bicyclic) bond motifs is 1. The number of nitrogens with one attached hydrogen (secondary N) is 1. The van der Waals surface area contributed by atoms with Crippen molar-refractivity contribution < 1.29 is 13.2 Å². The molecule has 0 radical (unpaired) electrons. The Morgan fingerprint density at radius 3 is 2.61 bits per heavy atom. The van der Waals surface area contributed by atoms with Crippen LogP contribution < -0.4 is 0 Å². The molecule has 2 nitrogen and oxygen atoms in total. The minimum absolute atomic E-state index is 0.0160. The second-order valence-corrected chi connectivity index (χ2v) is 6.21.